The first kappa shape index (κ1) is 17.4. The van der Waals surface area contributed by atoms with Crippen LogP contribution in [0.1, 0.15) is 71.6 Å². The number of nitrogens with two attached hydrogens (primary N) is 1. The van der Waals surface area contributed by atoms with Gasteiger partial charge < -0.3 is 15.8 Å². The number of ether oxygens (including phenoxy) is 1. The van der Waals surface area contributed by atoms with Crippen molar-refractivity contribution < 1.29 is 9.53 Å². The van der Waals surface area contributed by atoms with Crippen LogP contribution in [-0.4, -0.2) is 30.7 Å². The third-order valence-electron chi connectivity index (χ3n) is 4.11. The van der Waals surface area contributed by atoms with Crippen molar-refractivity contribution in [3.05, 3.63) is 0 Å². The van der Waals surface area contributed by atoms with Crippen LogP contribution in [0.4, 0.5) is 0 Å². The van der Waals surface area contributed by atoms with E-state index < -0.39 is 0 Å². The van der Waals surface area contributed by atoms with Crippen LogP contribution in [0.5, 0.6) is 0 Å². The summed E-state index contributed by atoms with van der Waals surface area (Å²) in [5, 5.41) is 3.02. The van der Waals surface area contributed by atoms with E-state index in [2.05, 4.69) is 12.2 Å². The van der Waals surface area contributed by atoms with E-state index in [9.17, 15) is 4.79 Å². The predicted octanol–water partition coefficient (Wildman–Crippen LogP) is 2.75. The second-order valence-electron chi connectivity index (χ2n) is 5.98. The maximum atomic E-state index is 12.1. The summed E-state index contributed by atoms with van der Waals surface area (Å²) in [6, 6.07) is 0.0858. The summed E-state index contributed by atoms with van der Waals surface area (Å²) in [6.45, 7) is 4.50. The number of amides is 1. The largest absolute Gasteiger partial charge is 0.365 e. The third kappa shape index (κ3) is 6.71. The molecule has 1 aliphatic rings. The summed E-state index contributed by atoms with van der Waals surface area (Å²) >= 11 is 0. The summed E-state index contributed by atoms with van der Waals surface area (Å²) in [6.07, 6.45) is 10.3. The van der Waals surface area contributed by atoms with E-state index in [1.54, 1.807) is 0 Å². The Balaban J connectivity index is 2.32. The molecule has 1 saturated carbocycles. The molecule has 0 bridgehead atoms. The van der Waals surface area contributed by atoms with Gasteiger partial charge in [-0.3, -0.25) is 4.79 Å². The molecular formula is C16H32N2O2. The molecule has 0 radical (unpaired) electrons. The lowest BCUT2D eigenvalue weighted by Crippen LogP contribution is -2.45. The molecular weight excluding hydrogens is 252 g/mol. The summed E-state index contributed by atoms with van der Waals surface area (Å²) in [5.74, 6) is -0.0131. The van der Waals surface area contributed by atoms with Crippen molar-refractivity contribution in [3.63, 3.8) is 0 Å². The Labute approximate surface area is 123 Å². The lowest BCUT2D eigenvalue weighted by molar-refractivity contribution is -0.136. The van der Waals surface area contributed by atoms with Crippen LogP contribution in [0, 0.1) is 0 Å². The molecule has 0 aromatic heterocycles. The highest BCUT2D eigenvalue weighted by atomic mass is 16.5. The number of hydrogen-bond acceptors (Lipinski definition) is 3. The Morgan fingerprint density at radius 1 is 1.30 bits per heavy atom. The summed E-state index contributed by atoms with van der Waals surface area (Å²) in [5.41, 5.74) is 5.71. The lowest BCUT2D eigenvalue weighted by atomic mass is 10.1. The Morgan fingerprint density at radius 3 is 2.50 bits per heavy atom. The second kappa shape index (κ2) is 10.2. The standard InChI is InChI=1S/C16H32N2O2/c1-3-4-9-14(12-17)18-16(19)13(2)20-15-10-7-5-6-8-11-15/h13-15H,3-12,17H2,1-2H3,(H,18,19). The van der Waals surface area contributed by atoms with Crippen LogP contribution in [0.2, 0.25) is 0 Å². The van der Waals surface area contributed by atoms with Gasteiger partial charge in [0.05, 0.1) is 6.10 Å². The molecule has 2 unspecified atom stereocenters. The van der Waals surface area contributed by atoms with Gasteiger partial charge >= 0.3 is 0 Å². The maximum absolute atomic E-state index is 12.1. The predicted molar refractivity (Wildman–Crippen MR) is 82.5 cm³/mol. The highest BCUT2D eigenvalue weighted by Crippen LogP contribution is 2.21. The average molecular weight is 284 g/mol. The molecule has 3 N–H and O–H groups in total. The zero-order valence-corrected chi connectivity index (χ0v) is 13.2. The number of nitrogens with one attached hydrogen (secondary N) is 1. The summed E-state index contributed by atoms with van der Waals surface area (Å²) in [4.78, 5) is 12.1. The first-order valence-electron chi connectivity index (χ1n) is 8.33. The van der Waals surface area contributed by atoms with Gasteiger partial charge in [-0.05, 0) is 26.2 Å². The van der Waals surface area contributed by atoms with Gasteiger partial charge in [0.25, 0.3) is 0 Å². The average Bonchev–Trinajstić information content (AvgIpc) is 2.71. The smallest absolute Gasteiger partial charge is 0.249 e. The van der Waals surface area contributed by atoms with E-state index in [0.717, 1.165) is 32.1 Å². The molecule has 0 aromatic carbocycles. The van der Waals surface area contributed by atoms with Gasteiger partial charge in [-0.25, -0.2) is 0 Å². The first-order valence-corrected chi connectivity index (χ1v) is 8.33. The number of rotatable bonds is 8. The fourth-order valence-corrected chi connectivity index (χ4v) is 2.75. The topological polar surface area (TPSA) is 64.3 Å². The quantitative estimate of drug-likeness (QED) is 0.674. The molecule has 4 nitrogen and oxygen atoms in total. The normalized spacial score (nSPS) is 20.1. The van der Waals surface area contributed by atoms with Crippen molar-refractivity contribution in [2.45, 2.75) is 89.9 Å². The molecule has 118 valence electrons. The molecule has 0 saturated heterocycles. The van der Waals surface area contributed by atoms with Crippen LogP contribution >= 0.6 is 0 Å². The van der Waals surface area contributed by atoms with Gasteiger partial charge in [0, 0.05) is 12.6 Å². The van der Waals surface area contributed by atoms with Crippen LogP contribution in [-0.2, 0) is 9.53 Å². The minimum atomic E-state index is -0.367. The Morgan fingerprint density at radius 2 is 1.95 bits per heavy atom. The van der Waals surface area contributed by atoms with E-state index in [4.69, 9.17) is 10.5 Å². The molecule has 1 amide bonds. The van der Waals surface area contributed by atoms with Gasteiger partial charge in [-0.1, -0.05) is 45.4 Å². The maximum Gasteiger partial charge on any atom is 0.249 e. The molecule has 1 aliphatic carbocycles. The Bertz CT molecular complexity index is 263. The van der Waals surface area contributed by atoms with Crippen molar-refractivity contribution in [2.24, 2.45) is 5.73 Å². The first-order chi connectivity index (χ1) is 9.67. The van der Waals surface area contributed by atoms with E-state index in [1.165, 1.54) is 25.7 Å². The minimum Gasteiger partial charge on any atom is -0.365 e. The number of carbonyl (C=O) groups excluding carboxylic acids is 1. The fourth-order valence-electron chi connectivity index (χ4n) is 2.75. The van der Waals surface area contributed by atoms with Crippen molar-refractivity contribution in [3.8, 4) is 0 Å². The highest BCUT2D eigenvalue weighted by Gasteiger charge is 2.21. The van der Waals surface area contributed by atoms with Gasteiger partial charge in [0.2, 0.25) is 5.91 Å². The van der Waals surface area contributed by atoms with Crippen LogP contribution in [0.15, 0.2) is 0 Å². The number of hydrogen-bond donors (Lipinski definition) is 2. The zero-order valence-electron chi connectivity index (χ0n) is 13.2. The zero-order chi connectivity index (χ0) is 14.8. The van der Waals surface area contributed by atoms with E-state index >= 15 is 0 Å². The molecule has 20 heavy (non-hydrogen) atoms. The highest BCUT2D eigenvalue weighted by molar-refractivity contribution is 5.80. The molecule has 0 aromatic rings. The van der Waals surface area contributed by atoms with E-state index in [1.807, 2.05) is 6.92 Å². The molecule has 1 rings (SSSR count). The molecule has 4 heteroatoms. The molecule has 1 fully saturated rings. The number of carbonyl (C=O) groups is 1. The lowest BCUT2D eigenvalue weighted by Gasteiger charge is -2.23. The molecule has 0 aliphatic heterocycles. The SMILES string of the molecule is CCCCC(CN)NC(=O)C(C)OC1CCCCCC1. The van der Waals surface area contributed by atoms with Crippen molar-refractivity contribution >= 4 is 5.91 Å². The van der Waals surface area contributed by atoms with Crippen LogP contribution in [0.3, 0.4) is 0 Å². The molecule has 0 spiro atoms. The summed E-state index contributed by atoms with van der Waals surface area (Å²) < 4.78 is 5.93. The van der Waals surface area contributed by atoms with Gasteiger partial charge in [-0.15, -0.1) is 0 Å². The summed E-state index contributed by atoms with van der Waals surface area (Å²) in [7, 11) is 0. The van der Waals surface area contributed by atoms with Crippen molar-refractivity contribution in [1.82, 2.24) is 5.32 Å². The second-order valence-corrected chi connectivity index (χ2v) is 5.98. The van der Waals surface area contributed by atoms with Gasteiger partial charge in [-0.2, -0.15) is 0 Å². The minimum absolute atomic E-state index is 0.0131. The van der Waals surface area contributed by atoms with Crippen molar-refractivity contribution in [2.75, 3.05) is 6.54 Å². The van der Waals surface area contributed by atoms with Gasteiger partial charge in [0.15, 0.2) is 0 Å². The number of unbranched alkanes of at least 4 members (excludes halogenated alkanes) is 1. The molecule has 2 atom stereocenters. The van der Waals surface area contributed by atoms with Crippen LogP contribution < -0.4 is 11.1 Å². The molecule has 0 heterocycles. The van der Waals surface area contributed by atoms with E-state index in [-0.39, 0.29) is 24.2 Å². The van der Waals surface area contributed by atoms with Gasteiger partial charge in [0.1, 0.15) is 6.10 Å². The van der Waals surface area contributed by atoms with E-state index in [0.29, 0.717) is 6.54 Å². The third-order valence-corrected chi connectivity index (χ3v) is 4.11. The Hall–Kier alpha value is -0.610. The fraction of sp³-hybridized carbons (Fsp3) is 0.938. The monoisotopic (exact) mass is 284 g/mol. The Kier molecular flexibility index (Phi) is 8.86. The van der Waals surface area contributed by atoms with Crippen LogP contribution in [0.25, 0.3) is 0 Å². The van der Waals surface area contributed by atoms with Crippen molar-refractivity contribution in [1.29, 1.82) is 0 Å².